The molecule has 1 aromatic heterocycles. The average molecular weight is 264 g/mol. The Morgan fingerprint density at radius 3 is 2.16 bits per heavy atom. The molecule has 0 aliphatic carbocycles. The molecule has 0 aromatic carbocycles. The van der Waals surface area contributed by atoms with Crippen molar-refractivity contribution in [1.82, 2.24) is 20.2 Å². The summed E-state index contributed by atoms with van der Waals surface area (Å²) in [4.78, 5) is 11.3. The van der Waals surface area contributed by atoms with Crippen LogP contribution >= 0.6 is 0 Å². The van der Waals surface area contributed by atoms with E-state index in [1.165, 1.54) is 0 Å². The number of hydrogen-bond acceptors (Lipinski definition) is 4. The highest BCUT2D eigenvalue weighted by Crippen LogP contribution is 2.03. The van der Waals surface area contributed by atoms with E-state index < -0.39 is 0 Å². The molecule has 0 fully saturated rings. The lowest BCUT2D eigenvalue weighted by molar-refractivity contribution is 0.305. The van der Waals surface area contributed by atoms with Gasteiger partial charge in [0, 0.05) is 43.0 Å². The van der Waals surface area contributed by atoms with E-state index in [0.29, 0.717) is 0 Å². The first kappa shape index (κ1) is 16.1. The summed E-state index contributed by atoms with van der Waals surface area (Å²) < 4.78 is 0. The van der Waals surface area contributed by atoms with E-state index in [1.807, 2.05) is 12.4 Å². The molecule has 1 heterocycles. The minimum Gasteiger partial charge on any atom is -0.308 e. The lowest BCUT2D eigenvalue weighted by Crippen LogP contribution is -2.35. The molecule has 108 valence electrons. The minimum absolute atomic E-state index is 0.126. The summed E-state index contributed by atoms with van der Waals surface area (Å²) >= 11 is 0. The molecular formula is C15H28N4. The Morgan fingerprint density at radius 1 is 1.11 bits per heavy atom. The van der Waals surface area contributed by atoms with E-state index in [2.05, 4.69) is 54.8 Å². The Morgan fingerprint density at radius 2 is 1.68 bits per heavy atom. The first-order valence-corrected chi connectivity index (χ1v) is 7.21. The van der Waals surface area contributed by atoms with Crippen molar-refractivity contribution in [3.8, 4) is 0 Å². The molecule has 0 spiro atoms. The van der Waals surface area contributed by atoms with Gasteiger partial charge in [-0.25, -0.2) is 9.97 Å². The largest absolute Gasteiger partial charge is 0.308 e. The van der Waals surface area contributed by atoms with Crippen LogP contribution in [-0.4, -0.2) is 40.0 Å². The van der Waals surface area contributed by atoms with E-state index in [1.54, 1.807) is 0 Å². The molecule has 0 aliphatic heterocycles. The quantitative estimate of drug-likeness (QED) is 0.820. The summed E-state index contributed by atoms with van der Waals surface area (Å²) in [6.45, 7) is 14.9. The van der Waals surface area contributed by atoms with Gasteiger partial charge in [-0.15, -0.1) is 0 Å². The molecule has 4 nitrogen and oxygen atoms in total. The average Bonchev–Trinajstić information content (AvgIpc) is 2.38. The molecule has 0 saturated heterocycles. The lowest BCUT2D eigenvalue weighted by atomic mass is 10.1. The van der Waals surface area contributed by atoms with Crippen LogP contribution in [0.3, 0.4) is 0 Å². The van der Waals surface area contributed by atoms with Gasteiger partial charge in [-0.2, -0.15) is 0 Å². The molecule has 1 N–H and O–H groups in total. The first-order valence-electron chi connectivity index (χ1n) is 7.21. The van der Waals surface area contributed by atoms with Gasteiger partial charge in [-0.3, -0.25) is 0 Å². The molecule has 1 rings (SSSR count). The second-order valence-corrected chi connectivity index (χ2v) is 5.89. The molecular weight excluding hydrogens is 236 g/mol. The van der Waals surface area contributed by atoms with Crippen molar-refractivity contribution in [3.05, 3.63) is 23.8 Å². The molecule has 1 aromatic rings. The Kier molecular flexibility index (Phi) is 6.38. The molecule has 19 heavy (non-hydrogen) atoms. The van der Waals surface area contributed by atoms with Crippen LogP contribution in [0.4, 0.5) is 0 Å². The van der Waals surface area contributed by atoms with Gasteiger partial charge < -0.3 is 10.2 Å². The summed E-state index contributed by atoms with van der Waals surface area (Å²) in [5.74, 6) is 0.936. The molecule has 4 heteroatoms. The predicted molar refractivity (Wildman–Crippen MR) is 80.1 cm³/mol. The van der Waals surface area contributed by atoms with Gasteiger partial charge in [0.25, 0.3) is 0 Å². The van der Waals surface area contributed by atoms with Crippen LogP contribution in [0.1, 0.15) is 46.0 Å². The van der Waals surface area contributed by atoms with Crippen LogP contribution in [-0.2, 0) is 13.0 Å². The number of nitrogens with zero attached hydrogens (tertiary/aromatic N) is 3. The molecule has 0 bridgehead atoms. The predicted octanol–water partition coefficient (Wildman–Crippen LogP) is 2.25. The van der Waals surface area contributed by atoms with Crippen molar-refractivity contribution in [2.45, 2.75) is 53.1 Å². The van der Waals surface area contributed by atoms with Crippen LogP contribution in [0.25, 0.3) is 0 Å². The van der Waals surface area contributed by atoms with Gasteiger partial charge in [-0.1, -0.05) is 13.8 Å². The van der Waals surface area contributed by atoms with Crippen molar-refractivity contribution in [2.75, 3.05) is 19.6 Å². The smallest absolute Gasteiger partial charge is 0.129 e. The normalized spacial score (nSPS) is 12.1. The topological polar surface area (TPSA) is 41.1 Å². The fourth-order valence-corrected chi connectivity index (χ4v) is 1.77. The molecule has 0 amide bonds. The van der Waals surface area contributed by atoms with Crippen molar-refractivity contribution in [2.24, 2.45) is 0 Å². The third-order valence-corrected chi connectivity index (χ3v) is 3.13. The number of likely N-dealkylation sites (N-methyl/N-ethyl adjacent to an activating group) is 1. The van der Waals surface area contributed by atoms with Gasteiger partial charge in [-0.05, 0) is 33.9 Å². The highest BCUT2D eigenvalue weighted by Gasteiger charge is 2.08. The highest BCUT2D eigenvalue weighted by atomic mass is 15.1. The van der Waals surface area contributed by atoms with E-state index in [9.17, 15) is 0 Å². The summed E-state index contributed by atoms with van der Waals surface area (Å²) in [6, 6.07) is 0. The Labute approximate surface area is 117 Å². The molecule has 0 aliphatic rings. The zero-order valence-corrected chi connectivity index (χ0v) is 13.0. The zero-order valence-electron chi connectivity index (χ0n) is 13.0. The van der Waals surface area contributed by atoms with Crippen LogP contribution in [0.15, 0.2) is 12.4 Å². The molecule has 0 saturated carbocycles. The fraction of sp³-hybridized carbons (Fsp3) is 0.733. The lowest BCUT2D eigenvalue weighted by Gasteiger charge is -2.20. The Bertz CT molecular complexity index is 349. The summed E-state index contributed by atoms with van der Waals surface area (Å²) in [5, 5.41) is 3.44. The second-order valence-electron chi connectivity index (χ2n) is 5.89. The maximum Gasteiger partial charge on any atom is 0.129 e. The SMILES string of the molecule is CCN(CC)CCc1ncc(CNC(C)(C)C)cn1. The zero-order chi connectivity index (χ0) is 14.3. The van der Waals surface area contributed by atoms with Crippen molar-refractivity contribution < 1.29 is 0 Å². The maximum absolute atomic E-state index is 4.44. The first-order chi connectivity index (χ1) is 8.94. The van der Waals surface area contributed by atoms with E-state index in [-0.39, 0.29) is 5.54 Å². The standard InChI is InChI=1S/C15H28N4/c1-6-19(7-2)9-8-14-16-10-13(11-17-14)12-18-15(3,4)5/h10-11,18H,6-9,12H2,1-5H3. The number of hydrogen-bond donors (Lipinski definition) is 1. The maximum atomic E-state index is 4.44. The summed E-state index contributed by atoms with van der Waals surface area (Å²) in [7, 11) is 0. The number of nitrogens with one attached hydrogen (secondary N) is 1. The van der Waals surface area contributed by atoms with Crippen molar-refractivity contribution >= 4 is 0 Å². The van der Waals surface area contributed by atoms with E-state index in [0.717, 1.165) is 44.0 Å². The molecule has 0 atom stereocenters. The van der Waals surface area contributed by atoms with Gasteiger partial charge in [0.15, 0.2) is 0 Å². The van der Waals surface area contributed by atoms with E-state index in [4.69, 9.17) is 0 Å². The summed E-state index contributed by atoms with van der Waals surface area (Å²) in [6.07, 6.45) is 4.79. The molecule has 0 unspecified atom stereocenters. The van der Waals surface area contributed by atoms with Crippen LogP contribution in [0, 0.1) is 0 Å². The Hall–Kier alpha value is -1.00. The van der Waals surface area contributed by atoms with Gasteiger partial charge in [0.2, 0.25) is 0 Å². The van der Waals surface area contributed by atoms with Gasteiger partial charge in [0.1, 0.15) is 5.82 Å². The second kappa shape index (κ2) is 7.56. The van der Waals surface area contributed by atoms with Gasteiger partial charge in [0.05, 0.1) is 0 Å². The monoisotopic (exact) mass is 264 g/mol. The third-order valence-electron chi connectivity index (χ3n) is 3.13. The minimum atomic E-state index is 0.126. The fourth-order valence-electron chi connectivity index (χ4n) is 1.77. The van der Waals surface area contributed by atoms with Crippen LogP contribution in [0.5, 0.6) is 0 Å². The Balaban J connectivity index is 2.43. The van der Waals surface area contributed by atoms with Crippen molar-refractivity contribution in [1.29, 1.82) is 0 Å². The van der Waals surface area contributed by atoms with Crippen molar-refractivity contribution in [3.63, 3.8) is 0 Å². The summed E-state index contributed by atoms with van der Waals surface area (Å²) in [5.41, 5.74) is 1.27. The number of aromatic nitrogens is 2. The van der Waals surface area contributed by atoms with Gasteiger partial charge >= 0.3 is 0 Å². The van der Waals surface area contributed by atoms with Crippen LogP contribution < -0.4 is 5.32 Å². The number of rotatable bonds is 7. The molecule has 0 radical (unpaired) electrons. The third kappa shape index (κ3) is 6.64. The highest BCUT2D eigenvalue weighted by molar-refractivity contribution is 5.05. The van der Waals surface area contributed by atoms with Crippen LogP contribution in [0.2, 0.25) is 0 Å². The van der Waals surface area contributed by atoms with E-state index >= 15 is 0 Å².